The number of para-hydroxylation sites is 1. The van der Waals surface area contributed by atoms with Gasteiger partial charge in [0.15, 0.2) is 11.5 Å². The van der Waals surface area contributed by atoms with Crippen molar-refractivity contribution in [2.24, 2.45) is 0 Å². The Morgan fingerprint density at radius 1 is 0.879 bits per heavy atom. The number of nitrogens with one attached hydrogen (secondary N) is 1. The highest BCUT2D eigenvalue weighted by Crippen LogP contribution is 2.27. The van der Waals surface area contributed by atoms with Gasteiger partial charge in [0.25, 0.3) is 0 Å². The molecule has 164 valence electrons. The summed E-state index contributed by atoms with van der Waals surface area (Å²) in [6, 6.07) is 22.6. The molecule has 8 nitrogen and oxygen atoms in total. The van der Waals surface area contributed by atoms with Gasteiger partial charge in [0.2, 0.25) is 0 Å². The summed E-state index contributed by atoms with van der Waals surface area (Å²) < 4.78 is 8.95. The number of fused-ring (bicyclic) bond motifs is 1. The van der Waals surface area contributed by atoms with E-state index in [1.54, 1.807) is 4.57 Å². The first-order valence-corrected chi connectivity index (χ1v) is 10.4. The Balaban J connectivity index is 1.66. The summed E-state index contributed by atoms with van der Waals surface area (Å²) in [4.78, 5) is 22.2. The summed E-state index contributed by atoms with van der Waals surface area (Å²) in [7, 11) is 1.84. The molecule has 0 radical (unpaired) electrons. The predicted octanol–water partition coefficient (Wildman–Crippen LogP) is 4.30. The first kappa shape index (κ1) is 20.3. The van der Waals surface area contributed by atoms with Crippen LogP contribution in [0.3, 0.4) is 0 Å². The number of aromatic nitrogens is 4. The van der Waals surface area contributed by atoms with E-state index < -0.39 is 0 Å². The van der Waals surface area contributed by atoms with Gasteiger partial charge in [-0.05, 0) is 67.1 Å². The third-order valence-corrected chi connectivity index (χ3v) is 5.33. The number of benzene rings is 3. The van der Waals surface area contributed by atoms with Crippen LogP contribution in [0.5, 0.6) is 11.5 Å². The number of hydrogen-bond donors (Lipinski definition) is 2. The van der Waals surface area contributed by atoms with Crippen LogP contribution in [0.25, 0.3) is 22.5 Å². The van der Waals surface area contributed by atoms with E-state index in [0.29, 0.717) is 28.3 Å². The zero-order chi connectivity index (χ0) is 22.9. The fraction of sp³-hybridized carbons (Fsp3) is 0.0800. The summed E-state index contributed by atoms with van der Waals surface area (Å²) in [5.74, 6) is 1.61. The molecule has 0 aliphatic rings. The molecule has 0 atom stereocenters. The monoisotopic (exact) mass is 438 g/mol. The van der Waals surface area contributed by atoms with Gasteiger partial charge in [-0.25, -0.2) is 19.3 Å². The molecule has 33 heavy (non-hydrogen) atoms. The van der Waals surface area contributed by atoms with Gasteiger partial charge in [-0.1, -0.05) is 18.2 Å². The van der Waals surface area contributed by atoms with Crippen molar-refractivity contribution < 1.29 is 4.74 Å². The lowest BCUT2D eigenvalue weighted by molar-refractivity contribution is 0.482. The second kappa shape index (κ2) is 8.16. The molecule has 8 heteroatoms. The molecule has 2 heterocycles. The first-order valence-electron chi connectivity index (χ1n) is 10.4. The van der Waals surface area contributed by atoms with Gasteiger partial charge in [-0.15, -0.1) is 0 Å². The molecule has 0 unspecified atom stereocenters. The van der Waals surface area contributed by atoms with E-state index in [1.165, 1.54) is 10.9 Å². The van der Waals surface area contributed by atoms with Crippen LogP contribution in [0.2, 0.25) is 0 Å². The van der Waals surface area contributed by atoms with Crippen molar-refractivity contribution in [1.82, 2.24) is 19.1 Å². The van der Waals surface area contributed by atoms with Crippen LogP contribution in [0.1, 0.15) is 5.56 Å². The van der Waals surface area contributed by atoms with Crippen molar-refractivity contribution in [2.45, 2.75) is 6.92 Å². The first-order chi connectivity index (χ1) is 16.0. The minimum Gasteiger partial charge on any atom is -0.457 e. The quantitative estimate of drug-likeness (QED) is 0.424. The molecule has 0 saturated heterocycles. The number of aryl methyl sites for hydroxylation is 1. The Bertz CT molecular complexity index is 1500. The molecule has 0 bridgehead atoms. The molecule has 2 aromatic heterocycles. The molecule has 3 aromatic carbocycles. The molecule has 0 spiro atoms. The van der Waals surface area contributed by atoms with Gasteiger partial charge < -0.3 is 15.8 Å². The Morgan fingerprint density at radius 2 is 1.61 bits per heavy atom. The van der Waals surface area contributed by atoms with E-state index in [2.05, 4.69) is 15.3 Å². The maximum absolute atomic E-state index is 13.7. The van der Waals surface area contributed by atoms with Crippen molar-refractivity contribution in [2.75, 3.05) is 18.1 Å². The predicted molar refractivity (Wildman–Crippen MR) is 130 cm³/mol. The topological polar surface area (TPSA) is 100.0 Å². The van der Waals surface area contributed by atoms with E-state index in [9.17, 15) is 4.79 Å². The number of anilines is 2. The minimum absolute atomic E-state index is 0.224. The zero-order valence-corrected chi connectivity index (χ0v) is 18.2. The molecule has 5 aromatic rings. The Kier molecular flexibility index (Phi) is 5.02. The third-order valence-electron chi connectivity index (χ3n) is 5.33. The Labute approximate surface area is 189 Å². The molecule has 5 rings (SSSR count). The molecule has 0 saturated carbocycles. The lowest BCUT2D eigenvalue weighted by atomic mass is 10.2. The fourth-order valence-electron chi connectivity index (χ4n) is 3.84. The number of hydrogen-bond acceptors (Lipinski definition) is 6. The smallest absolute Gasteiger partial charge is 0.339 e. The highest BCUT2D eigenvalue weighted by molar-refractivity contribution is 5.85. The Morgan fingerprint density at radius 3 is 2.33 bits per heavy atom. The van der Waals surface area contributed by atoms with Crippen molar-refractivity contribution in [3.05, 3.63) is 95.2 Å². The summed E-state index contributed by atoms with van der Waals surface area (Å²) in [6.07, 6.45) is 1.36. The van der Waals surface area contributed by atoms with Crippen molar-refractivity contribution in [3.8, 4) is 22.9 Å². The lowest BCUT2D eigenvalue weighted by Crippen LogP contribution is -2.22. The second-order valence-electron chi connectivity index (χ2n) is 7.60. The molecule has 0 fully saturated rings. The van der Waals surface area contributed by atoms with Gasteiger partial charge in [-0.3, -0.25) is 4.57 Å². The molecule has 0 amide bonds. The van der Waals surface area contributed by atoms with Crippen LogP contribution in [-0.2, 0) is 0 Å². The number of imidazole rings is 1. The minimum atomic E-state index is -0.290. The van der Waals surface area contributed by atoms with Crippen LogP contribution in [-0.4, -0.2) is 26.1 Å². The van der Waals surface area contributed by atoms with E-state index in [4.69, 9.17) is 10.5 Å². The fourth-order valence-corrected chi connectivity index (χ4v) is 3.84. The van der Waals surface area contributed by atoms with Gasteiger partial charge in [0.05, 0.1) is 11.4 Å². The molecular weight excluding hydrogens is 416 g/mol. The third kappa shape index (κ3) is 3.67. The zero-order valence-electron chi connectivity index (χ0n) is 18.2. The number of nitrogens with two attached hydrogens (primary N) is 1. The molecule has 0 aliphatic carbocycles. The summed E-state index contributed by atoms with van der Waals surface area (Å²) in [5.41, 5.74) is 10.0. The average Bonchev–Trinajstić information content (AvgIpc) is 3.13. The van der Waals surface area contributed by atoms with Gasteiger partial charge >= 0.3 is 5.69 Å². The van der Waals surface area contributed by atoms with Crippen LogP contribution < -0.4 is 21.5 Å². The highest BCUT2D eigenvalue weighted by Gasteiger charge is 2.20. The van der Waals surface area contributed by atoms with Gasteiger partial charge in [0.1, 0.15) is 23.3 Å². The van der Waals surface area contributed by atoms with Crippen molar-refractivity contribution >= 4 is 22.7 Å². The average molecular weight is 438 g/mol. The number of rotatable bonds is 5. The van der Waals surface area contributed by atoms with Crippen molar-refractivity contribution in [1.29, 1.82) is 0 Å². The van der Waals surface area contributed by atoms with Crippen LogP contribution in [0.15, 0.2) is 83.9 Å². The van der Waals surface area contributed by atoms with E-state index >= 15 is 0 Å². The lowest BCUT2D eigenvalue weighted by Gasteiger charge is -2.08. The second-order valence-corrected chi connectivity index (χ2v) is 7.60. The number of nitrogens with zero attached hydrogens (tertiary/aromatic N) is 4. The SMILES string of the molecule is CNc1cc(C)cc(-n2c(=O)n(-c3ccc(Oc4ccccc4)cc3)c3c(N)ncnc32)c1. The molecule has 3 N–H and O–H groups in total. The van der Waals surface area contributed by atoms with Gasteiger partial charge in [-0.2, -0.15) is 0 Å². The summed E-state index contributed by atoms with van der Waals surface area (Å²) in [5, 5.41) is 3.13. The summed E-state index contributed by atoms with van der Waals surface area (Å²) in [6.45, 7) is 1.98. The van der Waals surface area contributed by atoms with Crippen LogP contribution in [0, 0.1) is 6.92 Å². The van der Waals surface area contributed by atoms with Crippen molar-refractivity contribution in [3.63, 3.8) is 0 Å². The largest absolute Gasteiger partial charge is 0.457 e. The van der Waals surface area contributed by atoms with E-state index in [-0.39, 0.29) is 11.5 Å². The molecular formula is C25H22N6O2. The maximum atomic E-state index is 13.7. The van der Waals surface area contributed by atoms with Crippen LogP contribution in [0.4, 0.5) is 11.5 Å². The summed E-state index contributed by atoms with van der Waals surface area (Å²) >= 11 is 0. The van der Waals surface area contributed by atoms with E-state index in [0.717, 1.165) is 17.0 Å². The number of nitrogen functional groups attached to an aromatic ring is 1. The van der Waals surface area contributed by atoms with Crippen LogP contribution >= 0.6 is 0 Å². The van der Waals surface area contributed by atoms with E-state index in [1.807, 2.05) is 86.8 Å². The molecule has 0 aliphatic heterocycles. The highest BCUT2D eigenvalue weighted by atomic mass is 16.5. The normalized spacial score (nSPS) is 11.0. The van der Waals surface area contributed by atoms with Gasteiger partial charge in [0, 0.05) is 12.7 Å². The Hall–Kier alpha value is -4.59. The standard InChI is InChI=1S/C25H22N6O2/c1-16-12-17(27-2)14-19(13-16)31-24-22(23(26)28-15-29-24)30(25(31)32)18-8-10-21(11-9-18)33-20-6-4-3-5-7-20/h3-15,27H,1-2H3,(H2,26,28,29). The maximum Gasteiger partial charge on any atom is 0.339 e. The number of ether oxygens (including phenoxy) is 1.